The lowest BCUT2D eigenvalue weighted by molar-refractivity contribution is 0.0600. The summed E-state index contributed by atoms with van der Waals surface area (Å²) >= 11 is 6.28. The number of aromatic nitrogens is 1. The van der Waals surface area contributed by atoms with Crippen molar-refractivity contribution in [2.75, 3.05) is 33.3 Å². The molecule has 128 valence electrons. The van der Waals surface area contributed by atoms with Crippen LogP contribution in [0, 0.1) is 0 Å². The van der Waals surface area contributed by atoms with E-state index in [9.17, 15) is 4.79 Å². The molecule has 0 unspecified atom stereocenters. The molecule has 1 aliphatic rings. The summed E-state index contributed by atoms with van der Waals surface area (Å²) in [5.41, 5.74) is 2.43. The van der Waals surface area contributed by atoms with E-state index >= 15 is 0 Å². The first-order valence-corrected chi connectivity index (χ1v) is 8.24. The minimum absolute atomic E-state index is 0.342. The lowest BCUT2D eigenvalue weighted by Crippen LogP contribution is -2.45. The molecule has 0 amide bonds. The summed E-state index contributed by atoms with van der Waals surface area (Å²) in [6.45, 7) is 5.33. The Morgan fingerprint density at radius 3 is 2.54 bits per heavy atom. The molecule has 6 nitrogen and oxygen atoms in total. The third-order valence-electron chi connectivity index (χ3n) is 4.20. The second-order valence-electron chi connectivity index (χ2n) is 5.84. The van der Waals surface area contributed by atoms with Gasteiger partial charge >= 0.3 is 5.97 Å². The van der Waals surface area contributed by atoms with E-state index in [2.05, 4.69) is 15.0 Å². The summed E-state index contributed by atoms with van der Waals surface area (Å²) in [5, 5.41) is 4.63. The molecule has 2 aromatic rings. The number of rotatable bonds is 5. The topological polar surface area (TPSA) is 58.8 Å². The minimum Gasteiger partial charge on any atom is -0.465 e. The van der Waals surface area contributed by atoms with Crippen LogP contribution in [0.15, 0.2) is 35.1 Å². The number of piperazine rings is 1. The van der Waals surface area contributed by atoms with Crippen LogP contribution >= 0.6 is 11.6 Å². The van der Waals surface area contributed by atoms with Crippen LogP contribution in [-0.2, 0) is 17.8 Å². The molecule has 0 aliphatic carbocycles. The zero-order valence-corrected chi connectivity index (χ0v) is 14.3. The maximum atomic E-state index is 11.7. The first-order chi connectivity index (χ1) is 11.7. The Bertz CT molecular complexity index is 682. The van der Waals surface area contributed by atoms with E-state index in [-0.39, 0.29) is 5.97 Å². The lowest BCUT2D eigenvalue weighted by Gasteiger charge is -2.34. The minimum atomic E-state index is -0.342. The Balaban J connectivity index is 1.57. The summed E-state index contributed by atoms with van der Waals surface area (Å²) < 4.78 is 9.64. The van der Waals surface area contributed by atoms with Crippen molar-refractivity contribution in [3.05, 3.63) is 52.4 Å². The van der Waals surface area contributed by atoms with E-state index in [1.165, 1.54) is 7.11 Å². The normalized spacial score (nSPS) is 16.2. The van der Waals surface area contributed by atoms with Crippen molar-refractivity contribution in [1.29, 1.82) is 0 Å². The van der Waals surface area contributed by atoms with E-state index in [1.54, 1.807) is 18.4 Å². The van der Waals surface area contributed by atoms with Gasteiger partial charge in [0.25, 0.3) is 0 Å². The van der Waals surface area contributed by atoms with Crippen LogP contribution in [0.2, 0.25) is 5.02 Å². The van der Waals surface area contributed by atoms with Crippen LogP contribution in [0.4, 0.5) is 0 Å². The number of hydrogen-bond donors (Lipinski definition) is 0. The Hall–Kier alpha value is -1.89. The average Bonchev–Trinajstić information content (AvgIpc) is 3.11. The highest BCUT2D eigenvalue weighted by Gasteiger charge is 2.19. The molecular weight excluding hydrogens is 330 g/mol. The zero-order chi connectivity index (χ0) is 16.9. The van der Waals surface area contributed by atoms with Crippen molar-refractivity contribution in [1.82, 2.24) is 15.0 Å². The summed E-state index contributed by atoms with van der Waals surface area (Å²) in [7, 11) is 1.38. The van der Waals surface area contributed by atoms with Crippen LogP contribution in [-0.4, -0.2) is 54.2 Å². The van der Waals surface area contributed by atoms with Crippen molar-refractivity contribution in [2.45, 2.75) is 13.1 Å². The number of ether oxygens (including phenoxy) is 1. The molecule has 7 heteroatoms. The Kier molecular flexibility index (Phi) is 5.50. The fraction of sp³-hybridized carbons (Fsp3) is 0.412. The van der Waals surface area contributed by atoms with Gasteiger partial charge in [0.15, 0.2) is 0 Å². The second kappa shape index (κ2) is 7.79. The third-order valence-corrected chi connectivity index (χ3v) is 4.57. The van der Waals surface area contributed by atoms with Crippen LogP contribution in [0.25, 0.3) is 0 Å². The number of hydrogen-bond acceptors (Lipinski definition) is 6. The second-order valence-corrected chi connectivity index (χ2v) is 6.25. The number of esters is 1. The van der Waals surface area contributed by atoms with Gasteiger partial charge in [-0.05, 0) is 23.8 Å². The summed E-state index contributed by atoms with van der Waals surface area (Å²) in [6.07, 6.45) is 1.60. The predicted octanol–water partition coefficient (Wildman–Crippen LogP) is 2.43. The molecular formula is C17H20ClN3O3. The Morgan fingerprint density at radius 2 is 1.92 bits per heavy atom. The van der Waals surface area contributed by atoms with Gasteiger partial charge in [-0.2, -0.15) is 0 Å². The van der Waals surface area contributed by atoms with Gasteiger partial charge in [-0.3, -0.25) is 9.80 Å². The fourth-order valence-corrected chi connectivity index (χ4v) is 3.01. The first kappa shape index (κ1) is 17.0. The zero-order valence-electron chi connectivity index (χ0n) is 13.6. The molecule has 0 spiro atoms. The number of carbonyl (C=O) groups is 1. The average molecular weight is 350 g/mol. The molecule has 1 aromatic heterocycles. The van der Waals surface area contributed by atoms with E-state index in [1.807, 2.05) is 12.1 Å². The lowest BCUT2D eigenvalue weighted by atomic mass is 10.1. The molecule has 1 aromatic carbocycles. The van der Waals surface area contributed by atoms with E-state index in [0.29, 0.717) is 10.6 Å². The number of benzene rings is 1. The molecule has 1 aliphatic heterocycles. The van der Waals surface area contributed by atoms with E-state index < -0.39 is 0 Å². The SMILES string of the molecule is COC(=O)c1ccc(Cl)c(CN2CCN(Cc3ccon3)CC2)c1. The number of carbonyl (C=O) groups excluding carboxylic acids is 1. The van der Waals surface area contributed by atoms with Gasteiger partial charge in [0.1, 0.15) is 6.26 Å². The number of halogens is 1. The molecule has 1 fully saturated rings. The largest absolute Gasteiger partial charge is 0.465 e. The van der Waals surface area contributed by atoms with E-state index in [4.69, 9.17) is 20.9 Å². The van der Waals surface area contributed by atoms with Crippen molar-refractivity contribution in [3.8, 4) is 0 Å². The van der Waals surface area contributed by atoms with Crippen molar-refractivity contribution in [3.63, 3.8) is 0 Å². The number of nitrogens with zero attached hydrogens (tertiary/aromatic N) is 3. The maximum Gasteiger partial charge on any atom is 0.337 e. The predicted molar refractivity (Wildman–Crippen MR) is 89.8 cm³/mol. The molecule has 0 N–H and O–H groups in total. The standard InChI is InChI=1S/C17H20ClN3O3/c1-23-17(22)13-2-3-16(18)14(10-13)11-20-5-7-21(8-6-20)12-15-4-9-24-19-15/h2-4,9-10H,5-8,11-12H2,1H3. The Labute approximate surface area is 145 Å². The molecule has 2 heterocycles. The molecule has 0 saturated carbocycles. The van der Waals surface area contributed by atoms with Crippen molar-refractivity contribution >= 4 is 17.6 Å². The van der Waals surface area contributed by atoms with Gasteiger partial charge in [0.2, 0.25) is 0 Å². The number of methoxy groups -OCH3 is 1. The molecule has 1 saturated heterocycles. The van der Waals surface area contributed by atoms with Crippen LogP contribution in [0.3, 0.4) is 0 Å². The summed E-state index contributed by atoms with van der Waals surface area (Å²) in [4.78, 5) is 16.3. The fourth-order valence-electron chi connectivity index (χ4n) is 2.84. The van der Waals surface area contributed by atoms with E-state index in [0.717, 1.165) is 50.5 Å². The first-order valence-electron chi connectivity index (χ1n) is 7.86. The van der Waals surface area contributed by atoms with Crippen LogP contribution in [0.1, 0.15) is 21.6 Å². The molecule has 3 rings (SSSR count). The smallest absolute Gasteiger partial charge is 0.337 e. The monoisotopic (exact) mass is 349 g/mol. The molecule has 0 radical (unpaired) electrons. The van der Waals surface area contributed by atoms with Gasteiger partial charge in [-0.1, -0.05) is 16.8 Å². The molecule has 0 bridgehead atoms. The molecule has 0 atom stereocenters. The van der Waals surface area contributed by atoms with Gasteiger partial charge < -0.3 is 9.26 Å². The highest BCUT2D eigenvalue weighted by Crippen LogP contribution is 2.21. The van der Waals surface area contributed by atoms with Crippen molar-refractivity contribution < 1.29 is 14.1 Å². The van der Waals surface area contributed by atoms with Crippen molar-refractivity contribution in [2.24, 2.45) is 0 Å². The highest BCUT2D eigenvalue weighted by atomic mass is 35.5. The van der Waals surface area contributed by atoms with Gasteiger partial charge in [0, 0.05) is 50.4 Å². The summed E-state index contributed by atoms with van der Waals surface area (Å²) in [6, 6.07) is 7.15. The van der Waals surface area contributed by atoms with Gasteiger partial charge in [-0.25, -0.2) is 4.79 Å². The summed E-state index contributed by atoms with van der Waals surface area (Å²) in [5.74, 6) is -0.342. The van der Waals surface area contributed by atoms with Gasteiger partial charge in [0.05, 0.1) is 18.4 Å². The van der Waals surface area contributed by atoms with Gasteiger partial charge in [-0.15, -0.1) is 0 Å². The maximum absolute atomic E-state index is 11.7. The molecule has 24 heavy (non-hydrogen) atoms. The third kappa shape index (κ3) is 4.14. The highest BCUT2D eigenvalue weighted by molar-refractivity contribution is 6.31. The Morgan fingerprint density at radius 1 is 1.21 bits per heavy atom. The quantitative estimate of drug-likeness (QED) is 0.773. The van der Waals surface area contributed by atoms with Crippen LogP contribution in [0.5, 0.6) is 0 Å². The van der Waals surface area contributed by atoms with Crippen LogP contribution < -0.4 is 0 Å².